The monoisotopic (exact) mass is 533 g/mol. The van der Waals surface area contributed by atoms with Gasteiger partial charge in [0.25, 0.3) is 0 Å². The van der Waals surface area contributed by atoms with Crippen molar-refractivity contribution in [3.8, 4) is 0 Å². The predicted molar refractivity (Wildman–Crippen MR) is 102 cm³/mol. The molecule has 184 valence electrons. The number of fused-ring (bicyclic) bond motifs is 2. The Balaban J connectivity index is 1.46. The summed E-state index contributed by atoms with van der Waals surface area (Å²) in [6.45, 7) is -0.0914. The zero-order valence-corrected chi connectivity index (χ0v) is 18.9. The molecular formula is C12H18N5O13P3. The number of hydrogen-bond donors (Lipinski definition) is 6. The van der Waals surface area contributed by atoms with Crippen molar-refractivity contribution in [1.82, 2.24) is 14.5 Å². The van der Waals surface area contributed by atoms with E-state index in [1.165, 1.54) is 10.9 Å². The average molecular weight is 533 g/mol. The number of rotatable bonds is 8. The summed E-state index contributed by atoms with van der Waals surface area (Å²) in [6, 6.07) is 0. The number of aliphatic hydroxyl groups excluding tert-OH is 2. The molecule has 1 aromatic heterocycles. The third-order valence-corrected chi connectivity index (χ3v) is 8.42. The molecule has 0 spiro atoms. The van der Waals surface area contributed by atoms with Crippen molar-refractivity contribution in [2.75, 3.05) is 19.8 Å². The summed E-state index contributed by atoms with van der Waals surface area (Å²) >= 11 is 0. The number of hydrogen-bond acceptors (Lipinski definition) is 13. The quantitative estimate of drug-likeness (QED) is 0.181. The second kappa shape index (κ2) is 8.70. The molecule has 0 amide bonds. The fourth-order valence-corrected chi connectivity index (χ4v) is 6.33. The van der Waals surface area contributed by atoms with Gasteiger partial charge < -0.3 is 39.4 Å². The molecule has 0 aliphatic carbocycles. The first-order chi connectivity index (χ1) is 15.3. The molecule has 6 atom stereocenters. The van der Waals surface area contributed by atoms with Crippen molar-refractivity contribution in [1.29, 1.82) is 0 Å². The van der Waals surface area contributed by atoms with Crippen LogP contribution in [0.3, 0.4) is 0 Å². The molecule has 3 aliphatic rings. The Hall–Kier alpha value is -1.36. The molecule has 18 nitrogen and oxygen atoms in total. The summed E-state index contributed by atoms with van der Waals surface area (Å²) in [4.78, 5) is 50.4. The van der Waals surface area contributed by atoms with Gasteiger partial charge in [-0.05, 0) is 0 Å². The van der Waals surface area contributed by atoms with Gasteiger partial charge in [0.15, 0.2) is 17.5 Å². The number of aliphatic hydroxyl groups is 2. The van der Waals surface area contributed by atoms with Crippen LogP contribution in [-0.2, 0) is 31.6 Å². The number of imidazole rings is 1. The van der Waals surface area contributed by atoms with Crippen LogP contribution in [0.1, 0.15) is 6.23 Å². The molecule has 1 fully saturated rings. The van der Waals surface area contributed by atoms with Crippen molar-refractivity contribution < 1.29 is 61.4 Å². The SMILES string of the molecule is O=P(O)(O)OP(=O)(O)OP(=O)(O)OC[C@H]1O[C@@H](n2cnc3c2=NCN2CC=NC=32)[C@H](O)[C@@H]1O. The van der Waals surface area contributed by atoms with Gasteiger partial charge >= 0.3 is 23.5 Å². The first kappa shape index (κ1) is 24.8. The number of ether oxygens (including phenoxy) is 1. The molecule has 3 aliphatic heterocycles. The van der Waals surface area contributed by atoms with E-state index in [0.717, 1.165) is 0 Å². The Morgan fingerprint density at radius 3 is 2.52 bits per heavy atom. The minimum absolute atomic E-state index is 0.273. The van der Waals surface area contributed by atoms with E-state index >= 15 is 0 Å². The number of aliphatic imine (C=N–C) groups is 1. The minimum atomic E-state index is -5.69. The molecule has 0 bridgehead atoms. The van der Waals surface area contributed by atoms with Crippen LogP contribution in [0.5, 0.6) is 0 Å². The van der Waals surface area contributed by atoms with Crippen LogP contribution in [0.4, 0.5) is 0 Å². The van der Waals surface area contributed by atoms with Crippen molar-refractivity contribution in [3.05, 3.63) is 17.2 Å². The van der Waals surface area contributed by atoms with Gasteiger partial charge in [-0.25, -0.2) is 28.7 Å². The highest BCUT2D eigenvalue weighted by Gasteiger charge is 2.47. The maximum Gasteiger partial charge on any atom is 0.490 e. The number of nitrogens with zero attached hydrogens (tertiary/aromatic N) is 5. The van der Waals surface area contributed by atoms with Crippen LogP contribution < -0.4 is 10.8 Å². The Labute approximate surface area is 183 Å². The Morgan fingerprint density at radius 1 is 1.09 bits per heavy atom. The molecular weight excluding hydrogens is 515 g/mol. The standard InChI is InChI=1S/C12H18N5O13P3/c18-8-6(3-27-32(23,24)30-33(25,26)29-31(20,21)22)28-12(9(8)19)17-5-14-7-10-13-1-2-16(10)4-15-11(7)17/h1,5-6,8-9,12,18-19H,2-4H2,(H,23,24)(H,25,26)(H2,20,21,22)/t6-,8-,9-,12-/m1/s1. The minimum Gasteiger partial charge on any atom is -0.387 e. The fourth-order valence-electron chi connectivity index (χ4n) is 3.30. The average Bonchev–Trinajstić information content (AvgIpc) is 3.35. The highest BCUT2D eigenvalue weighted by atomic mass is 31.3. The summed E-state index contributed by atoms with van der Waals surface area (Å²) in [5.74, 6) is 0.580. The second-order valence-electron chi connectivity index (χ2n) is 6.91. The van der Waals surface area contributed by atoms with E-state index < -0.39 is 54.6 Å². The summed E-state index contributed by atoms with van der Waals surface area (Å²) in [5.41, 5.74) is 0.324. The van der Waals surface area contributed by atoms with E-state index in [1.54, 1.807) is 6.21 Å². The molecule has 0 saturated carbocycles. The van der Waals surface area contributed by atoms with Crippen molar-refractivity contribution in [2.45, 2.75) is 24.5 Å². The second-order valence-corrected chi connectivity index (χ2v) is 11.3. The van der Waals surface area contributed by atoms with E-state index in [9.17, 15) is 28.8 Å². The fraction of sp³-hybridized carbons (Fsp3) is 0.583. The smallest absolute Gasteiger partial charge is 0.387 e. The Morgan fingerprint density at radius 2 is 1.82 bits per heavy atom. The van der Waals surface area contributed by atoms with Gasteiger partial charge in [0.1, 0.15) is 30.3 Å². The normalized spacial score (nSPS) is 30.5. The Bertz CT molecular complexity index is 1230. The van der Waals surface area contributed by atoms with Crippen LogP contribution in [0.15, 0.2) is 16.3 Å². The molecule has 0 radical (unpaired) electrons. The number of aromatic nitrogens is 2. The molecule has 6 N–H and O–H groups in total. The lowest BCUT2D eigenvalue weighted by Gasteiger charge is -2.20. The lowest BCUT2D eigenvalue weighted by atomic mass is 10.1. The molecule has 1 saturated heterocycles. The van der Waals surface area contributed by atoms with Crippen molar-refractivity contribution >= 4 is 35.5 Å². The highest BCUT2D eigenvalue weighted by Crippen LogP contribution is 2.66. The summed E-state index contributed by atoms with van der Waals surface area (Å²) in [7, 11) is -16.7. The van der Waals surface area contributed by atoms with Crippen LogP contribution in [0, 0.1) is 0 Å². The van der Waals surface area contributed by atoms with Gasteiger partial charge in [-0.2, -0.15) is 8.62 Å². The van der Waals surface area contributed by atoms with E-state index in [0.29, 0.717) is 23.2 Å². The van der Waals surface area contributed by atoms with Crippen LogP contribution in [-0.4, -0.2) is 88.6 Å². The number of phosphoric ester groups is 1. The van der Waals surface area contributed by atoms with Gasteiger partial charge in [-0.1, -0.05) is 0 Å². The van der Waals surface area contributed by atoms with Gasteiger partial charge in [-0.3, -0.25) is 9.09 Å². The molecule has 2 unspecified atom stereocenters. The van der Waals surface area contributed by atoms with Crippen LogP contribution >= 0.6 is 23.5 Å². The van der Waals surface area contributed by atoms with E-state index in [2.05, 4.69) is 28.1 Å². The molecule has 4 rings (SSSR count). The lowest BCUT2D eigenvalue weighted by molar-refractivity contribution is -0.0538. The largest absolute Gasteiger partial charge is 0.490 e. The third-order valence-electron chi connectivity index (χ3n) is 4.61. The predicted octanol–water partition coefficient (Wildman–Crippen LogP) is -3.11. The maximum atomic E-state index is 11.9. The topological polar surface area (TPSA) is 255 Å². The van der Waals surface area contributed by atoms with Crippen molar-refractivity contribution in [3.63, 3.8) is 0 Å². The first-order valence-corrected chi connectivity index (χ1v) is 13.5. The summed E-state index contributed by atoms with van der Waals surface area (Å²) < 4.78 is 52.4. The Kier molecular flexibility index (Phi) is 6.52. The van der Waals surface area contributed by atoms with E-state index in [4.69, 9.17) is 19.4 Å². The third kappa shape index (κ3) is 5.33. The molecule has 21 heteroatoms. The lowest BCUT2D eigenvalue weighted by Crippen LogP contribution is -2.43. The number of phosphoric acid groups is 3. The zero-order chi connectivity index (χ0) is 24.2. The van der Waals surface area contributed by atoms with Crippen LogP contribution in [0.25, 0.3) is 5.82 Å². The van der Waals surface area contributed by atoms with Gasteiger partial charge in [-0.15, -0.1) is 0 Å². The molecule has 4 heterocycles. The van der Waals surface area contributed by atoms with E-state index in [-0.39, 0.29) is 6.67 Å². The molecule has 33 heavy (non-hydrogen) atoms. The molecule has 0 aromatic carbocycles. The highest BCUT2D eigenvalue weighted by molar-refractivity contribution is 7.66. The van der Waals surface area contributed by atoms with E-state index in [1.807, 2.05) is 4.90 Å². The van der Waals surface area contributed by atoms with Crippen molar-refractivity contribution in [2.24, 2.45) is 9.98 Å². The molecule has 1 aromatic rings. The van der Waals surface area contributed by atoms with Gasteiger partial charge in [0.05, 0.1) is 19.5 Å². The van der Waals surface area contributed by atoms with Crippen LogP contribution in [0.2, 0.25) is 0 Å². The first-order valence-electron chi connectivity index (χ1n) is 8.95. The summed E-state index contributed by atoms with van der Waals surface area (Å²) in [5, 5.41) is 21.1. The summed E-state index contributed by atoms with van der Waals surface area (Å²) in [6.07, 6.45) is -2.86. The van der Waals surface area contributed by atoms with Gasteiger partial charge in [0, 0.05) is 6.21 Å². The van der Waals surface area contributed by atoms with Gasteiger partial charge in [0.2, 0.25) is 0 Å². The zero-order valence-electron chi connectivity index (χ0n) is 16.2. The maximum absolute atomic E-state index is 11.9.